The third-order valence-electron chi connectivity index (χ3n) is 5.34. The van der Waals surface area contributed by atoms with Gasteiger partial charge in [-0.3, -0.25) is 14.2 Å². The number of nitrogens with two attached hydrogens (primary N) is 1. The highest BCUT2D eigenvalue weighted by Crippen LogP contribution is 2.35. The van der Waals surface area contributed by atoms with Gasteiger partial charge in [0.1, 0.15) is 11.5 Å². The molecule has 0 radical (unpaired) electrons. The minimum absolute atomic E-state index is 0.170. The van der Waals surface area contributed by atoms with Crippen molar-refractivity contribution in [1.29, 1.82) is 0 Å². The number of carbonyl (C=O) groups excluding carboxylic acids is 1. The first kappa shape index (κ1) is 18.9. The molecule has 2 N–H and O–H groups in total. The van der Waals surface area contributed by atoms with E-state index >= 15 is 0 Å². The number of carbonyl (C=O) groups is 1. The van der Waals surface area contributed by atoms with E-state index in [1.807, 2.05) is 31.2 Å². The largest absolute Gasteiger partial charge is 0.381 e. The van der Waals surface area contributed by atoms with E-state index in [4.69, 9.17) is 5.73 Å². The SMILES string of the molecule is CC(=O)c1cn2c(-c3ccc4nccc(C)c4c3)c(-c3ccc(F)cc3)nc(N)c2n1. The summed E-state index contributed by atoms with van der Waals surface area (Å²) >= 11 is 0. The molecule has 0 aliphatic rings. The molecule has 31 heavy (non-hydrogen) atoms. The number of pyridine rings is 1. The van der Waals surface area contributed by atoms with Crippen LogP contribution < -0.4 is 5.73 Å². The number of hydrogen-bond acceptors (Lipinski definition) is 5. The zero-order chi connectivity index (χ0) is 21.7. The maximum atomic E-state index is 13.6. The van der Waals surface area contributed by atoms with Crippen LogP contribution in [-0.2, 0) is 0 Å². The first-order chi connectivity index (χ1) is 14.9. The van der Waals surface area contributed by atoms with Gasteiger partial charge in [-0.2, -0.15) is 0 Å². The molecule has 7 heteroatoms. The Morgan fingerprint density at radius 3 is 2.52 bits per heavy atom. The molecule has 5 aromatic rings. The Kier molecular flexibility index (Phi) is 4.25. The molecule has 0 unspecified atom stereocenters. The molecular weight excluding hydrogens is 393 g/mol. The highest BCUT2D eigenvalue weighted by Gasteiger charge is 2.20. The number of benzene rings is 2. The Hall–Kier alpha value is -4.13. The van der Waals surface area contributed by atoms with Gasteiger partial charge >= 0.3 is 0 Å². The highest BCUT2D eigenvalue weighted by atomic mass is 19.1. The van der Waals surface area contributed by atoms with E-state index in [1.165, 1.54) is 19.1 Å². The molecule has 5 rings (SSSR count). The predicted octanol–water partition coefficient (Wildman–Crippen LogP) is 4.84. The molecule has 0 saturated heterocycles. The van der Waals surface area contributed by atoms with Crippen LogP contribution in [0.2, 0.25) is 0 Å². The molecule has 0 bridgehead atoms. The predicted molar refractivity (Wildman–Crippen MR) is 118 cm³/mol. The summed E-state index contributed by atoms with van der Waals surface area (Å²) < 4.78 is 15.3. The van der Waals surface area contributed by atoms with Crippen LogP contribution in [0.25, 0.3) is 39.1 Å². The maximum absolute atomic E-state index is 13.6. The second-order valence-electron chi connectivity index (χ2n) is 7.44. The van der Waals surface area contributed by atoms with Crippen molar-refractivity contribution in [1.82, 2.24) is 19.4 Å². The fraction of sp³-hybridized carbons (Fsp3) is 0.0833. The molecular formula is C24H18FN5O. The number of ketones is 1. The quantitative estimate of drug-likeness (QED) is 0.429. The van der Waals surface area contributed by atoms with Crippen molar-refractivity contribution < 1.29 is 9.18 Å². The summed E-state index contributed by atoms with van der Waals surface area (Å²) in [5, 5.41) is 1.00. The number of anilines is 1. The van der Waals surface area contributed by atoms with Crippen molar-refractivity contribution in [2.75, 3.05) is 5.73 Å². The smallest absolute Gasteiger partial charge is 0.181 e. The van der Waals surface area contributed by atoms with E-state index in [1.54, 1.807) is 28.9 Å². The lowest BCUT2D eigenvalue weighted by Gasteiger charge is -2.14. The molecule has 2 aromatic carbocycles. The Morgan fingerprint density at radius 2 is 1.77 bits per heavy atom. The van der Waals surface area contributed by atoms with Crippen molar-refractivity contribution in [2.45, 2.75) is 13.8 Å². The molecule has 0 aliphatic heterocycles. The van der Waals surface area contributed by atoms with Gasteiger partial charge in [0.15, 0.2) is 17.2 Å². The van der Waals surface area contributed by atoms with Crippen LogP contribution >= 0.6 is 0 Å². The summed E-state index contributed by atoms with van der Waals surface area (Å²) in [7, 11) is 0. The summed E-state index contributed by atoms with van der Waals surface area (Å²) in [5.41, 5.74) is 11.7. The number of hydrogen-bond donors (Lipinski definition) is 1. The van der Waals surface area contributed by atoms with Crippen LogP contribution in [0.4, 0.5) is 10.2 Å². The van der Waals surface area contributed by atoms with Crippen LogP contribution in [0, 0.1) is 12.7 Å². The monoisotopic (exact) mass is 411 g/mol. The minimum atomic E-state index is -0.340. The average Bonchev–Trinajstić information content (AvgIpc) is 3.21. The molecule has 152 valence electrons. The Labute approximate surface area is 177 Å². The first-order valence-electron chi connectivity index (χ1n) is 9.73. The number of imidazole rings is 1. The maximum Gasteiger partial charge on any atom is 0.181 e. The Balaban J connectivity index is 1.89. The fourth-order valence-electron chi connectivity index (χ4n) is 3.75. The van der Waals surface area contributed by atoms with Crippen LogP contribution in [-0.4, -0.2) is 25.1 Å². The van der Waals surface area contributed by atoms with Crippen LogP contribution in [0.5, 0.6) is 0 Å². The topological polar surface area (TPSA) is 86.2 Å². The van der Waals surface area contributed by atoms with Crippen molar-refractivity contribution in [2.24, 2.45) is 0 Å². The van der Waals surface area contributed by atoms with E-state index in [9.17, 15) is 9.18 Å². The van der Waals surface area contributed by atoms with E-state index in [0.29, 0.717) is 28.3 Å². The third-order valence-corrected chi connectivity index (χ3v) is 5.34. The van der Waals surface area contributed by atoms with Gasteiger partial charge in [0.2, 0.25) is 0 Å². The summed E-state index contributed by atoms with van der Waals surface area (Å²) in [4.78, 5) is 25.4. The Bertz CT molecular complexity index is 1490. The second-order valence-corrected chi connectivity index (χ2v) is 7.44. The number of fused-ring (bicyclic) bond motifs is 2. The van der Waals surface area contributed by atoms with Gasteiger partial charge in [-0.15, -0.1) is 0 Å². The van der Waals surface area contributed by atoms with Crippen LogP contribution in [0.15, 0.2) is 60.9 Å². The number of nitrogen functional groups attached to an aromatic ring is 1. The summed E-state index contributed by atoms with van der Waals surface area (Å²) in [6.07, 6.45) is 3.44. The second kappa shape index (κ2) is 6.98. The molecule has 3 heterocycles. The van der Waals surface area contributed by atoms with Crippen molar-refractivity contribution >= 4 is 28.2 Å². The van der Waals surface area contributed by atoms with Gasteiger partial charge in [-0.1, -0.05) is 6.07 Å². The van der Waals surface area contributed by atoms with Gasteiger partial charge in [0, 0.05) is 35.8 Å². The zero-order valence-electron chi connectivity index (χ0n) is 16.9. The van der Waals surface area contributed by atoms with Crippen molar-refractivity contribution in [3.8, 4) is 22.5 Å². The lowest BCUT2D eigenvalue weighted by atomic mass is 10.0. The van der Waals surface area contributed by atoms with Gasteiger partial charge in [-0.25, -0.2) is 14.4 Å². The molecule has 0 amide bonds. The van der Waals surface area contributed by atoms with E-state index in [-0.39, 0.29) is 17.4 Å². The first-order valence-corrected chi connectivity index (χ1v) is 9.73. The average molecular weight is 411 g/mol. The van der Waals surface area contributed by atoms with Gasteiger partial charge in [0.05, 0.1) is 16.9 Å². The number of halogens is 1. The van der Waals surface area contributed by atoms with Crippen molar-refractivity contribution in [3.63, 3.8) is 0 Å². The molecule has 3 aromatic heterocycles. The van der Waals surface area contributed by atoms with Crippen LogP contribution in [0.3, 0.4) is 0 Å². The van der Waals surface area contributed by atoms with Gasteiger partial charge in [-0.05, 0) is 55.0 Å². The lowest BCUT2D eigenvalue weighted by molar-refractivity contribution is 0.101. The third kappa shape index (κ3) is 3.11. The van der Waals surface area contributed by atoms with Crippen molar-refractivity contribution in [3.05, 3.63) is 78.0 Å². The molecule has 0 saturated carbocycles. The summed E-state index contributed by atoms with van der Waals surface area (Å²) in [6.45, 7) is 3.48. The number of nitrogens with zero attached hydrogens (tertiary/aromatic N) is 4. The molecule has 0 aliphatic carbocycles. The minimum Gasteiger partial charge on any atom is -0.381 e. The number of aryl methyl sites for hydroxylation is 1. The van der Waals surface area contributed by atoms with Gasteiger partial charge < -0.3 is 5.73 Å². The molecule has 0 spiro atoms. The van der Waals surface area contributed by atoms with Gasteiger partial charge in [0.25, 0.3) is 0 Å². The molecule has 6 nitrogen and oxygen atoms in total. The number of Topliss-reactive ketones (excluding diaryl/α,β-unsaturated/α-hetero) is 1. The zero-order valence-corrected chi connectivity index (χ0v) is 16.9. The lowest BCUT2D eigenvalue weighted by Crippen LogP contribution is -2.03. The molecule has 0 fully saturated rings. The number of aromatic nitrogens is 4. The normalized spacial score (nSPS) is 11.3. The number of rotatable bonds is 3. The van der Waals surface area contributed by atoms with E-state index in [0.717, 1.165) is 22.0 Å². The van der Waals surface area contributed by atoms with Crippen LogP contribution in [0.1, 0.15) is 23.0 Å². The summed E-state index contributed by atoms with van der Waals surface area (Å²) in [5.74, 6) is -0.321. The summed E-state index contributed by atoms with van der Waals surface area (Å²) in [6, 6.07) is 13.9. The fourth-order valence-corrected chi connectivity index (χ4v) is 3.75. The van der Waals surface area contributed by atoms with E-state index in [2.05, 4.69) is 15.0 Å². The standard InChI is InChI=1S/C24H18FN5O/c1-13-9-10-27-19-8-5-16(11-18(13)19)22-21(15-3-6-17(25)7-4-15)29-23(26)24-28-20(14(2)31)12-30(22)24/h3-12H,1-2H3,(H2,26,29). The molecule has 0 atom stereocenters. The highest BCUT2D eigenvalue weighted by molar-refractivity contribution is 5.95. The Morgan fingerprint density at radius 1 is 1.03 bits per heavy atom. The van der Waals surface area contributed by atoms with E-state index < -0.39 is 0 Å².